The number of aromatic nitrogens is 1. The Bertz CT molecular complexity index is 1100. The molecule has 29 heavy (non-hydrogen) atoms. The highest BCUT2D eigenvalue weighted by atomic mass is 79.9. The first kappa shape index (κ1) is 20.6. The summed E-state index contributed by atoms with van der Waals surface area (Å²) in [5, 5.41) is 12.3. The van der Waals surface area contributed by atoms with Gasteiger partial charge in [-0.25, -0.2) is 0 Å². The molecule has 0 aliphatic heterocycles. The largest absolute Gasteiger partial charge is 0.321 e. The standard InChI is InChI=1S/C24H22BrN3O/c1-4-18-5-9-22(10-6-18)27-24(29)20(15-26)14-19-13-16(2)28(17(19)3)23-11-7-21(25)8-12-23/h5-14H,4H2,1-3H3,(H,27,29)/b20-14+. The number of halogens is 1. The van der Waals surface area contributed by atoms with E-state index in [1.807, 2.05) is 74.5 Å². The average molecular weight is 448 g/mol. The molecule has 0 aliphatic carbocycles. The molecule has 0 fully saturated rings. The summed E-state index contributed by atoms with van der Waals surface area (Å²) < 4.78 is 3.12. The molecule has 0 radical (unpaired) electrons. The van der Waals surface area contributed by atoms with Gasteiger partial charge in [0.25, 0.3) is 5.91 Å². The van der Waals surface area contributed by atoms with Gasteiger partial charge in [-0.2, -0.15) is 5.26 Å². The van der Waals surface area contributed by atoms with Crippen molar-refractivity contribution in [3.63, 3.8) is 0 Å². The van der Waals surface area contributed by atoms with Gasteiger partial charge in [-0.15, -0.1) is 0 Å². The van der Waals surface area contributed by atoms with E-state index in [4.69, 9.17) is 0 Å². The van der Waals surface area contributed by atoms with Crippen molar-refractivity contribution in [3.8, 4) is 11.8 Å². The van der Waals surface area contributed by atoms with Crippen molar-refractivity contribution in [2.45, 2.75) is 27.2 Å². The lowest BCUT2D eigenvalue weighted by Gasteiger charge is -2.10. The molecule has 1 heterocycles. The van der Waals surface area contributed by atoms with Gasteiger partial charge in [-0.3, -0.25) is 4.79 Å². The number of amides is 1. The molecule has 3 aromatic rings. The predicted octanol–water partition coefficient (Wildman–Crippen LogP) is 5.96. The third kappa shape index (κ3) is 4.67. The van der Waals surface area contributed by atoms with Crippen LogP contribution in [0, 0.1) is 25.2 Å². The molecule has 0 atom stereocenters. The van der Waals surface area contributed by atoms with Gasteiger partial charge in [0.15, 0.2) is 0 Å². The predicted molar refractivity (Wildman–Crippen MR) is 121 cm³/mol. The highest BCUT2D eigenvalue weighted by molar-refractivity contribution is 9.10. The summed E-state index contributed by atoms with van der Waals surface area (Å²) in [6.07, 6.45) is 2.58. The van der Waals surface area contributed by atoms with Crippen molar-refractivity contribution in [3.05, 3.63) is 87.2 Å². The van der Waals surface area contributed by atoms with Gasteiger partial charge in [0.05, 0.1) is 0 Å². The molecule has 0 saturated heterocycles. The first-order valence-corrected chi connectivity index (χ1v) is 10.2. The van der Waals surface area contributed by atoms with Crippen LogP contribution in [0.2, 0.25) is 0 Å². The zero-order chi connectivity index (χ0) is 21.0. The SMILES string of the molecule is CCc1ccc(NC(=O)/C(C#N)=C/c2cc(C)n(-c3ccc(Br)cc3)c2C)cc1. The van der Waals surface area contributed by atoms with Crippen molar-refractivity contribution in [1.82, 2.24) is 4.57 Å². The molecule has 4 nitrogen and oxygen atoms in total. The van der Waals surface area contributed by atoms with Crippen molar-refractivity contribution in [2.24, 2.45) is 0 Å². The maximum Gasteiger partial charge on any atom is 0.266 e. The van der Waals surface area contributed by atoms with Gasteiger partial charge in [0, 0.05) is 27.2 Å². The van der Waals surface area contributed by atoms with E-state index in [2.05, 4.69) is 32.7 Å². The monoisotopic (exact) mass is 447 g/mol. The van der Waals surface area contributed by atoms with E-state index in [1.54, 1.807) is 6.08 Å². The first-order valence-electron chi connectivity index (χ1n) is 9.40. The number of nitrogens with one attached hydrogen (secondary N) is 1. The second-order valence-corrected chi connectivity index (χ2v) is 7.73. The third-order valence-corrected chi connectivity index (χ3v) is 5.37. The first-order chi connectivity index (χ1) is 13.9. The Labute approximate surface area is 179 Å². The molecule has 3 rings (SSSR count). The number of carbonyl (C=O) groups excluding carboxylic acids is 1. The highest BCUT2D eigenvalue weighted by Gasteiger charge is 2.14. The van der Waals surface area contributed by atoms with Crippen LogP contribution in [0.3, 0.4) is 0 Å². The van der Waals surface area contributed by atoms with Crippen LogP contribution in [0.4, 0.5) is 5.69 Å². The van der Waals surface area contributed by atoms with Gasteiger partial charge in [-0.1, -0.05) is 35.0 Å². The highest BCUT2D eigenvalue weighted by Crippen LogP contribution is 2.24. The summed E-state index contributed by atoms with van der Waals surface area (Å²) in [4.78, 5) is 12.6. The molecule has 1 N–H and O–H groups in total. The van der Waals surface area contributed by atoms with E-state index in [9.17, 15) is 10.1 Å². The third-order valence-electron chi connectivity index (χ3n) is 4.84. The van der Waals surface area contributed by atoms with E-state index in [0.29, 0.717) is 5.69 Å². The zero-order valence-electron chi connectivity index (χ0n) is 16.7. The van der Waals surface area contributed by atoms with Gasteiger partial charge in [0.2, 0.25) is 0 Å². The molecule has 0 bridgehead atoms. The quantitative estimate of drug-likeness (QED) is 0.387. The molecule has 2 aromatic carbocycles. The number of carbonyl (C=O) groups is 1. The van der Waals surface area contributed by atoms with Crippen LogP contribution >= 0.6 is 15.9 Å². The van der Waals surface area contributed by atoms with E-state index in [0.717, 1.165) is 33.5 Å². The molecule has 0 saturated carbocycles. The second-order valence-electron chi connectivity index (χ2n) is 6.81. The number of aryl methyl sites for hydroxylation is 2. The maximum absolute atomic E-state index is 12.6. The van der Waals surface area contributed by atoms with Gasteiger partial charge in [-0.05, 0) is 79.9 Å². The Kier molecular flexibility index (Phi) is 6.36. The lowest BCUT2D eigenvalue weighted by atomic mass is 10.1. The summed E-state index contributed by atoms with van der Waals surface area (Å²) in [5.74, 6) is -0.412. The molecule has 1 amide bonds. The fraction of sp³-hybridized carbons (Fsp3) is 0.167. The summed E-state index contributed by atoms with van der Waals surface area (Å²) in [7, 11) is 0. The molecule has 0 spiro atoms. The number of hydrogen-bond donors (Lipinski definition) is 1. The number of nitriles is 1. The van der Waals surface area contributed by atoms with Crippen LogP contribution in [-0.4, -0.2) is 10.5 Å². The van der Waals surface area contributed by atoms with Crippen LogP contribution in [-0.2, 0) is 11.2 Å². The van der Waals surface area contributed by atoms with Crippen LogP contribution < -0.4 is 5.32 Å². The molecule has 5 heteroatoms. The average Bonchev–Trinajstić information content (AvgIpc) is 3.00. The lowest BCUT2D eigenvalue weighted by Crippen LogP contribution is -2.13. The topological polar surface area (TPSA) is 57.8 Å². The Hall–Kier alpha value is -3.10. The number of benzene rings is 2. The number of hydrogen-bond acceptors (Lipinski definition) is 2. The minimum atomic E-state index is -0.412. The number of anilines is 1. The van der Waals surface area contributed by atoms with Crippen LogP contribution in [0.5, 0.6) is 0 Å². The van der Waals surface area contributed by atoms with E-state index < -0.39 is 5.91 Å². The minimum absolute atomic E-state index is 0.0700. The molecule has 1 aromatic heterocycles. The molecule has 0 unspecified atom stereocenters. The van der Waals surface area contributed by atoms with E-state index in [1.165, 1.54) is 5.56 Å². The lowest BCUT2D eigenvalue weighted by molar-refractivity contribution is -0.112. The molecule has 146 valence electrons. The van der Waals surface area contributed by atoms with Crippen molar-refractivity contribution in [1.29, 1.82) is 5.26 Å². The van der Waals surface area contributed by atoms with E-state index >= 15 is 0 Å². The van der Waals surface area contributed by atoms with Crippen molar-refractivity contribution >= 4 is 33.6 Å². The Balaban J connectivity index is 1.88. The Morgan fingerprint density at radius 3 is 2.38 bits per heavy atom. The molecule has 0 aliphatic rings. The fourth-order valence-corrected chi connectivity index (χ4v) is 3.51. The zero-order valence-corrected chi connectivity index (χ0v) is 18.2. The van der Waals surface area contributed by atoms with Gasteiger partial charge < -0.3 is 9.88 Å². The smallest absolute Gasteiger partial charge is 0.266 e. The second kappa shape index (κ2) is 8.93. The number of nitrogens with zero attached hydrogens (tertiary/aromatic N) is 2. The van der Waals surface area contributed by atoms with Crippen molar-refractivity contribution < 1.29 is 4.79 Å². The number of rotatable bonds is 5. The maximum atomic E-state index is 12.6. The van der Waals surface area contributed by atoms with Gasteiger partial charge >= 0.3 is 0 Å². The molecular weight excluding hydrogens is 426 g/mol. The Morgan fingerprint density at radius 2 is 1.79 bits per heavy atom. The van der Waals surface area contributed by atoms with E-state index in [-0.39, 0.29) is 5.57 Å². The summed E-state index contributed by atoms with van der Waals surface area (Å²) in [6.45, 7) is 6.07. The van der Waals surface area contributed by atoms with Crippen LogP contribution in [0.1, 0.15) is 29.4 Å². The van der Waals surface area contributed by atoms with Gasteiger partial charge in [0.1, 0.15) is 11.6 Å². The van der Waals surface area contributed by atoms with Crippen molar-refractivity contribution in [2.75, 3.05) is 5.32 Å². The fourth-order valence-electron chi connectivity index (χ4n) is 3.25. The normalized spacial score (nSPS) is 11.2. The van der Waals surface area contributed by atoms with Crippen LogP contribution in [0.15, 0.2) is 64.6 Å². The summed E-state index contributed by atoms with van der Waals surface area (Å²) in [5.41, 5.74) is 5.82. The Morgan fingerprint density at radius 1 is 1.14 bits per heavy atom. The van der Waals surface area contributed by atoms with Crippen LogP contribution in [0.25, 0.3) is 11.8 Å². The summed E-state index contributed by atoms with van der Waals surface area (Å²) in [6, 6.07) is 19.7. The summed E-state index contributed by atoms with van der Waals surface area (Å²) >= 11 is 3.45. The molecular formula is C24H22BrN3O. The minimum Gasteiger partial charge on any atom is -0.321 e.